The van der Waals surface area contributed by atoms with Crippen LogP contribution >= 0.6 is 0 Å². The molecule has 1 saturated heterocycles. The average molecular weight is 374 g/mol. The number of carbonyl (C=O) groups excluding carboxylic acids is 1. The molecule has 1 saturated carbocycles. The highest BCUT2D eigenvalue weighted by atomic mass is 16.2. The maximum atomic E-state index is 12.8. The average Bonchev–Trinajstić information content (AvgIpc) is 3.05. The van der Waals surface area contributed by atoms with Gasteiger partial charge in [0.15, 0.2) is 0 Å². The minimum Gasteiger partial charge on any atom is -0.330 e. The number of rotatable bonds is 3. The van der Waals surface area contributed by atoms with E-state index in [9.17, 15) is 10.1 Å². The number of para-hydroxylation sites is 1. The number of hydrogen-bond acceptors (Lipinski definition) is 3. The summed E-state index contributed by atoms with van der Waals surface area (Å²) in [6.07, 6.45) is 3.80. The quantitative estimate of drug-likeness (QED) is 0.887. The van der Waals surface area contributed by atoms with Gasteiger partial charge in [0.2, 0.25) is 0 Å². The molecule has 0 radical (unpaired) electrons. The third-order valence-electron chi connectivity index (χ3n) is 6.59. The second kappa shape index (κ2) is 6.96. The lowest BCUT2D eigenvalue weighted by Gasteiger charge is -2.48. The van der Waals surface area contributed by atoms with Crippen LogP contribution in [0.2, 0.25) is 0 Å². The van der Waals surface area contributed by atoms with Crippen LogP contribution in [0.5, 0.6) is 0 Å². The lowest BCUT2D eigenvalue weighted by molar-refractivity contribution is 0.0658. The number of amides is 2. The molecule has 4 rings (SSSR count). The van der Waals surface area contributed by atoms with Crippen molar-refractivity contribution in [2.45, 2.75) is 36.8 Å². The fourth-order valence-corrected chi connectivity index (χ4v) is 4.87. The summed E-state index contributed by atoms with van der Waals surface area (Å²) >= 11 is 0. The molecule has 1 spiro atoms. The van der Waals surface area contributed by atoms with Gasteiger partial charge >= 0.3 is 6.03 Å². The zero-order chi connectivity index (χ0) is 19.8. The number of hydrogen-bond donors (Lipinski definition) is 1. The van der Waals surface area contributed by atoms with E-state index in [1.807, 2.05) is 18.2 Å². The highest BCUT2D eigenvalue weighted by Gasteiger charge is 2.50. The summed E-state index contributed by atoms with van der Waals surface area (Å²) < 4.78 is 0. The lowest BCUT2D eigenvalue weighted by Crippen LogP contribution is -2.54. The van der Waals surface area contributed by atoms with Gasteiger partial charge in [-0.3, -0.25) is 9.80 Å². The first-order chi connectivity index (χ1) is 13.5. The summed E-state index contributed by atoms with van der Waals surface area (Å²) in [6, 6.07) is 20.1. The highest BCUT2D eigenvalue weighted by Crippen LogP contribution is 2.46. The van der Waals surface area contributed by atoms with Crippen LogP contribution in [0, 0.1) is 11.3 Å². The van der Waals surface area contributed by atoms with Crippen molar-refractivity contribution >= 4 is 11.7 Å². The van der Waals surface area contributed by atoms with Crippen LogP contribution in [-0.2, 0) is 5.54 Å². The SMILES string of the molecule is CN(C)C1(c2ccccc2)CCC2(CC1)CN(c1ccccc1C#N)C(=O)N2. The van der Waals surface area contributed by atoms with Gasteiger partial charge in [0.1, 0.15) is 6.07 Å². The molecule has 28 heavy (non-hydrogen) atoms. The van der Waals surface area contributed by atoms with Gasteiger partial charge in [0.25, 0.3) is 0 Å². The number of carbonyl (C=O) groups is 1. The van der Waals surface area contributed by atoms with E-state index < -0.39 is 0 Å². The Balaban J connectivity index is 1.58. The Kier molecular flexibility index (Phi) is 4.60. The molecule has 5 heteroatoms. The van der Waals surface area contributed by atoms with E-state index in [-0.39, 0.29) is 17.1 Å². The summed E-state index contributed by atoms with van der Waals surface area (Å²) in [4.78, 5) is 16.8. The van der Waals surface area contributed by atoms with Gasteiger partial charge in [-0.15, -0.1) is 0 Å². The summed E-state index contributed by atoms with van der Waals surface area (Å²) in [5.41, 5.74) is 2.35. The van der Waals surface area contributed by atoms with E-state index >= 15 is 0 Å². The molecule has 5 nitrogen and oxygen atoms in total. The van der Waals surface area contributed by atoms with Crippen LogP contribution in [0.1, 0.15) is 36.8 Å². The highest BCUT2D eigenvalue weighted by molar-refractivity contribution is 5.96. The number of benzene rings is 2. The van der Waals surface area contributed by atoms with Crippen molar-refractivity contribution < 1.29 is 4.79 Å². The Morgan fingerprint density at radius 1 is 1.00 bits per heavy atom. The number of anilines is 1. The van der Waals surface area contributed by atoms with Crippen LogP contribution in [0.15, 0.2) is 54.6 Å². The Morgan fingerprint density at radius 2 is 1.64 bits per heavy atom. The molecule has 0 unspecified atom stereocenters. The molecular formula is C23H26N4O. The first-order valence-electron chi connectivity index (χ1n) is 9.82. The maximum Gasteiger partial charge on any atom is 0.322 e. The predicted molar refractivity (Wildman–Crippen MR) is 110 cm³/mol. The molecule has 0 bridgehead atoms. The van der Waals surface area contributed by atoms with Crippen molar-refractivity contribution in [3.05, 3.63) is 65.7 Å². The third-order valence-corrected chi connectivity index (χ3v) is 6.59. The standard InChI is InChI=1S/C23H26N4O/c1-26(2)23(19-9-4-3-5-10-19)14-12-22(13-15-23)17-27(21(28)25-22)20-11-7-6-8-18(20)16-24/h3-11H,12-15,17H2,1-2H3,(H,25,28). The minimum absolute atomic E-state index is 0.00474. The van der Waals surface area contributed by atoms with Crippen LogP contribution in [0.4, 0.5) is 10.5 Å². The Bertz CT molecular complexity index is 908. The smallest absolute Gasteiger partial charge is 0.322 e. The molecule has 2 aromatic rings. The van der Waals surface area contributed by atoms with Crippen LogP contribution in [0.3, 0.4) is 0 Å². The second-order valence-electron chi connectivity index (χ2n) is 8.22. The third kappa shape index (κ3) is 2.94. The van der Waals surface area contributed by atoms with Crippen molar-refractivity contribution in [1.29, 1.82) is 5.26 Å². The first-order valence-corrected chi connectivity index (χ1v) is 9.82. The number of urea groups is 1. The molecule has 1 aliphatic heterocycles. The molecule has 1 N–H and O–H groups in total. The molecule has 2 aliphatic rings. The van der Waals surface area contributed by atoms with Gasteiger partial charge in [0, 0.05) is 5.54 Å². The molecule has 0 aromatic heterocycles. The predicted octanol–water partition coefficient (Wildman–Crippen LogP) is 3.86. The van der Waals surface area contributed by atoms with E-state index in [1.165, 1.54) is 5.56 Å². The molecule has 1 heterocycles. The minimum atomic E-state index is -0.228. The van der Waals surface area contributed by atoms with Gasteiger partial charge in [0.05, 0.1) is 23.3 Å². The molecule has 2 fully saturated rings. The first kappa shape index (κ1) is 18.5. The van der Waals surface area contributed by atoms with Crippen LogP contribution in [-0.4, -0.2) is 37.1 Å². The summed E-state index contributed by atoms with van der Waals surface area (Å²) in [6.45, 7) is 0.614. The van der Waals surface area contributed by atoms with E-state index in [4.69, 9.17) is 0 Å². The van der Waals surface area contributed by atoms with Crippen molar-refractivity contribution in [3.63, 3.8) is 0 Å². The Morgan fingerprint density at radius 3 is 2.29 bits per heavy atom. The van der Waals surface area contributed by atoms with E-state index in [0.29, 0.717) is 17.8 Å². The fraction of sp³-hybridized carbons (Fsp3) is 0.391. The molecule has 0 atom stereocenters. The van der Waals surface area contributed by atoms with E-state index in [1.54, 1.807) is 11.0 Å². The fourth-order valence-electron chi connectivity index (χ4n) is 4.87. The number of nitriles is 1. The largest absolute Gasteiger partial charge is 0.330 e. The Hall–Kier alpha value is -2.84. The van der Waals surface area contributed by atoms with Crippen molar-refractivity contribution in [2.75, 3.05) is 25.5 Å². The normalized spacial score (nSPS) is 27.1. The van der Waals surface area contributed by atoms with Crippen molar-refractivity contribution in [3.8, 4) is 6.07 Å². The van der Waals surface area contributed by atoms with Gasteiger partial charge in [-0.05, 0) is 57.5 Å². The molecule has 144 valence electrons. The lowest BCUT2D eigenvalue weighted by atomic mass is 9.69. The maximum absolute atomic E-state index is 12.8. The van der Waals surface area contributed by atoms with Gasteiger partial charge in [-0.2, -0.15) is 5.26 Å². The van der Waals surface area contributed by atoms with Crippen molar-refractivity contribution in [1.82, 2.24) is 10.2 Å². The zero-order valence-electron chi connectivity index (χ0n) is 16.5. The van der Waals surface area contributed by atoms with Gasteiger partial charge < -0.3 is 5.32 Å². The second-order valence-corrected chi connectivity index (χ2v) is 8.22. The number of nitrogens with one attached hydrogen (secondary N) is 1. The topological polar surface area (TPSA) is 59.4 Å². The van der Waals surface area contributed by atoms with Gasteiger partial charge in [-0.1, -0.05) is 42.5 Å². The Labute approximate surface area is 166 Å². The van der Waals surface area contributed by atoms with Gasteiger partial charge in [-0.25, -0.2) is 4.79 Å². The summed E-state index contributed by atoms with van der Waals surface area (Å²) in [5.74, 6) is 0. The molecule has 2 amide bonds. The molecule has 1 aliphatic carbocycles. The van der Waals surface area contributed by atoms with Crippen LogP contribution in [0.25, 0.3) is 0 Å². The summed E-state index contributed by atoms with van der Waals surface area (Å²) in [7, 11) is 4.29. The zero-order valence-corrected chi connectivity index (χ0v) is 16.5. The van der Waals surface area contributed by atoms with Crippen molar-refractivity contribution in [2.24, 2.45) is 0 Å². The molecular weight excluding hydrogens is 348 g/mol. The molecule has 2 aromatic carbocycles. The summed E-state index contributed by atoms with van der Waals surface area (Å²) in [5, 5.41) is 12.7. The van der Waals surface area contributed by atoms with Crippen LogP contribution < -0.4 is 10.2 Å². The van der Waals surface area contributed by atoms with E-state index in [2.05, 4.69) is 60.7 Å². The monoisotopic (exact) mass is 374 g/mol. The number of nitrogens with zero attached hydrogens (tertiary/aromatic N) is 3. The van der Waals surface area contributed by atoms with E-state index in [0.717, 1.165) is 25.7 Å².